The topological polar surface area (TPSA) is 120 Å². The van der Waals surface area contributed by atoms with E-state index in [0.29, 0.717) is 5.69 Å². The van der Waals surface area contributed by atoms with Gasteiger partial charge in [-0.3, -0.25) is 0 Å². The number of hydrogen-bond donors (Lipinski definition) is 2. The Morgan fingerprint density at radius 2 is 2.13 bits per heavy atom. The van der Waals surface area contributed by atoms with E-state index in [1.807, 2.05) is 0 Å². The van der Waals surface area contributed by atoms with Gasteiger partial charge in [0.15, 0.2) is 6.10 Å². The third-order valence-corrected chi connectivity index (χ3v) is 4.69. The van der Waals surface area contributed by atoms with Crippen molar-refractivity contribution in [2.45, 2.75) is 17.9 Å². The van der Waals surface area contributed by atoms with Gasteiger partial charge in [-0.25, -0.2) is 17.5 Å². The molecule has 126 valence electrons. The van der Waals surface area contributed by atoms with Gasteiger partial charge in [0.2, 0.25) is 10.0 Å². The van der Waals surface area contributed by atoms with Crippen molar-refractivity contribution in [3.8, 4) is 6.07 Å². The summed E-state index contributed by atoms with van der Waals surface area (Å²) in [6.45, 7) is 1.41. The Morgan fingerprint density at radius 3 is 2.65 bits per heavy atom. The monoisotopic (exact) mass is 341 g/mol. The molecule has 0 bridgehead atoms. The largest absolute Gasteiger partial charge is 0.444 e. The molecule has 0 saturated carbocycles. The number of aliphatic hydroxyl groups excluding tert-OH is 1. The second-order valence-corrected chi connectivity index (χ2v) is 6.97. The Bertz CT molecular complexity index is 710. The molecule has 0 amide bonds. The van der Waals surface area contributed by atoms with Crippen LogP contribution in [0.5, 0.6) is 0 Å². The van der Waals surface area contributed by atoms with Crippen LogP contribution in [-0.2, 0) is 14.8 Å². The number of anilines is 1. The summed E-state index contributed by atoms with van der Waals surface area (Å²) in [7, 11) is -0.965. The van der Waals surface area contributed by atoms with Gasteiger partial charge in [-0.1, -0.05) is 0 Å². The highest BCUT2D eigenvalue weighted by molar-refractivity contribution is 7.89. The standard InChI is InChI=1S/C14H19N3O5S/c1-10(9-15)22-14(19)12-8-11(23(20,21)17(2)3)4-5-13(12)16-6-7-18/h4-5,8,10,16,18H,6-7H2,1-3H3/t10-/m1/s1. The van der Waals surface area contributed by atoms with Gasteiger partial charge >= 0.3 is 5.97 Å². The number of nitrogens with zero attached hydrogens (tertiary/aromatic N) is 2. The maximum atomic E-state index is 12.2. The smallest absolute Gasteiger partial charge is 0.341 e. The van der Waals surface area contributed by atoms with Gasteiger partial charge < -0.3 is 15.2 Å². The fourth-order valence-corrected chi connectivity index (χ4v) is 2.59. The van der Waals surface area contributed by atoms with Crippen LogP contribution in [0.15, 0.2) is 23.1 Å². The highest BCUT2D eigenvalue weighted by Gasteiger charge is 2.22. The minimum atomic E-state index is -3.72. The average molecular weight is 341 g/mol. The molecule has 0 heterocycles. The van der Waals surface area contributed by atoms with Crippen molar-refractivity contribution in [1.82, 2.24) is 4.31 Å². The minimum absolute atomic E-state index is 0.0246. The molecule has 2 N–H and O–H groups in total. The fourth-order valence-electron chi connectivity index (χ4n) is 1.66. The van der Waals surface area contributed by atoms with Crippen molar-refractivity contribution in [3.63, 3.8) is 0 Å². The first-order valence-electron chi connectivity index (χ1n) is 6.76. The van der Waals surface area contributed by atoms with Crippen LogP contribution < -0.4 is 5.32 Å². The van der Waals surface area contributed by atoms with Crippen molar-refractivity contribution in [2.75, 3.05) is 32.6 Å². The molecule has 0 aliphatic heterocycles. The molecule has 0 radical (unpaired) electrons. The number of nitriles is 1. The number of ether oxygens (including phenoxy) is 1. The van der Waals surface area contributed by atoms with Crippen LogP contribution in [0.3, 0.4) is 0 Å². The number of benzene rings is 1. The van der Waals surface area contributed by atoms with E-state index in [0.717, 1.165) is 4.31 Å². The molecule has 8 nitrogen and oxygen atoms in total. The number of aliphatic hydroxyl groups is 1. The Kier molecular flexibility index (Phi) is 6.50. The molecule has 0 unspecified atom stereocenters. The van der Waals surface area contributed by atoms with E-state index in [4.69, 9.17) is 15.1 Å². The summed E-state index contributed by atoms with van der Waals surface area (Å²) in [5.41, 5.74) is 0.287. The summed E-state index contributed by atoms with van der Waals surface area (Å²) < 4.78 is 30.3. The number of sulfonamides is 1. The zero-order valence-electron chi connectivity index (χ0n) is 13.1. The van der Waals surface area contributed by atoms with Crippen LogP contribution >= 0.6 is 0 Å². The van der Waals surface area contributed by atoms with Crippen LogP contribution in [0, 0.1) is 11.3 Å². The first-order valence-corrected chi connectivity index (χ1v) is 8.20. The molecule has 0 saturated heterocycles. The number of carbonyl (C=O) groups is 1. The van der Waals surface area contributed by atoms with E-state index in [-0.39, 0.29) is 23.6 Å². The van der Waals surface area contributed by atoms with Crippen LogP contribution in [0.25, 0.3) is 0 Å². The minimum Gasteiger partial charge on any atom is -0.444 e. The SMILES string of the molecule is C[C@H](C#N)OC(=O)c1cc(S(=O)(=O)N(C)C)ccc1NCCO. The molecule has 1 aromatic carbocycles. The molecule has 0 aliphatic rings. The third kappa shape index (κ3) is 4.66. The van der Waals surface area contributed by atoms with Crippen molar-refractivity contribution >= 4 is 21.7 Å². The molecule has 1 rings (SSSR count). The van der Waals surface area contributed by atoms with E-state index in [9.17, 15) is 13.2 Å². The van der Waals surface area contributed by atoms with Crippen molar-refractivity contribution in [3.05, 3.63) is 23.8 Å². The summed E-state index contributed by atoms with van der Waals surface area (Å²) in [5, 5.41) is 20.4. The first kappa shape index (κ1) is 18.9. The van der Waals surface area contributed by atoms with Gasteiger partial charge in [0, 0.05) is 26.3 Å². The van der Waals surface area contributed by atoms with E-state index >= 15 is 0 Å². The molecular weight excluding hydrogens is 322 g/mol. The highest BCUT2D eigenvalue weighted by Crippen LogP contribution is 2.23. The summed E-state index contributed by atoms with van der Waals surface area (Å²) in [6.07, 6.45) is -0.970. The van der Waals surface area contributed by atoms with Gasteiger partial charge in [-0.05, 0) is 25.1 Å². The Balaban J connectivity index is 3.31. The average Bonchev–Trinajstić information content (AvgIpc) is 2.52. The summed E-state index contributed by atoms with van der Waals surface area (Å²) in [5.74, 6) is -0.824. The number of carbonyl (C=O) groups excluding carboxylic acids is 1. The number of hydrogen-bond acceptors (Lipinski definition) is 7. The van der Waals surface area contributed by atoms with Gasteiger partial charge in [0.05, 0.1) is 17.1 Å². The predicted molar refractivity (Wildman–Crippen MR) is 83.4 cm³/mol. The van der Waals surface area contributed by atoms with Crippen molar-refractivity contribution in [2.24, 2.45) is 0 Å². The predicted octanol–water partition coefficient (Wildman–Crippen LogP) is 0.410. The van der Waals surface area contributed by atoms with Crippen molar-refractivity contribution in [1.29, 1.82) is 5.26 Å². The zero-order chi connectivity index (χ0) is 17.6. The lowest BCUT2D eigenvalue weighted by molar-refractivity contribution is 0.0436. The molecule has 1 atom stereocenters. The van der Waals surface area contributed by atoms with Gasteiger partial charge in [0.1, 0.15) is 6.07 Å². The lowest BCUT2D eigenvalue weighted by Crippen LogP contribution is -2.23. The molecule has 0 aromatic heterocycles. The Morgan fingerprint density at radius 1 is 1.48 bits per heavy atom. The van der Waals surface area contributed by atoms with Crippen molar-refractivity contribution < 1.29 is 23.1 Å². The lowest BCUT2D eigenvalue weighted by Gasteiger charge is -2.16. The van der Waals surface area contributed by atoms with Gasteiger partial charge in [0.25, 0.3) is 0 Å². The highest BCUT2D eigenvalue weighted by atomic mass is 32.2. The van der Waals surface area contributed by atoms with Crippen LogP contribution in [0.4, 0.5) is 5.69 Å². The van der Waals surface area contributed by atoms with E-state index in [1.54, 1.807) is 6.07 Å². The fraction of sp³-hybridized carbons (Fsp3) is 0.429. The van der Waals surface area contributed by atoms with Crippen LogP contribution in [0.1, 0.15) is 17.3 Å². The summed E-state index contributed by atoms with van der Waals surface area (Å²) in [4.78, 5) is 12.1. The zero-order valence-corrected chi connectivity index (χ0v) is 13.9. The van der Waals surface area contributed by atoms with Gasteiger partial charge in [-0.2, -0.15) is 5.26 Å². The van der Waals surface area contributed by atoms with E-state index < -0.39 is 22.1 Å². The maximum absolute atomic E-state index is 12.2. The molecule has 0 fully saturated rings. The van der Waals surface area contributed by atoms with Crippen LogP contribution in [-0.4, -0.2) is 57.1 Å². The normalized spacial score (nSPS) is 12.5. The second-order valence-electron chi connectivity index (χ2n) is 4.82. The molecular formula is C14H19N3O5S. The van der Waals surface area contributed by atoms with E-state index in [1.165, 1.54) is 39.2 Å². The quantitative estimate of drug-likeness (QED) is 0.689. The molecule has 23 heavy (non-hydrogen) atoms. The number of rotatable bonds is 7. The van der Waals surface area contributed by atoms with E-state index in [2.05, 4.69) is 5.32 Å². The van der Waals surface area contributed by atoms with Crippen LogP contribution in [0.2, 0.25) is 0 Å². The first-order chi connectivity index (χ1) is 10.7. The lowest BCUT2D eigenvalue weighted by atomic mass is 10.1. The summed E-state index contributed by atoms with van der Waals surface area (Å²) >= 11 is 0. The molecule has 1 aromatic rings. The Labute approximate surface area is 135 Å². The molecule has 0 spiro atoms. The number of nitrogens with one attached hydrogen (secondary N) is 1. The van der Waals surface area contributed by atoms with Gasteiger partial charge in [-0.15, -0.1) is 0 Å². The third-order valence-electron chi connectivity index (χ3n) is 2.88. The Hall–Kier alpha value is -2.15. The second kappa shape index (κ2) is 7.92. The molecule has 9 heteroatoms. The molecule has 0 aliphatic carbocycles. The number of esters is 1. The maximum Gasteiger partial charge on any atom is 0.341 e. The summed E-state index contributed by atoms with van der Waals surface area (Å²) in [6, 6.07) is 5.71.